The average Bonchev–Trinajstić information content (AvgIpc) is 2.84. The molecule has 0 radical (unpaired) electrons. The van der Waals surface area contributed by atoms with Crippen molar-refractivity contribution in [3.8, 4) is 17.1 Å². The molecule has 0 N–H and O–H groups in total. The van der Waals surface area contributed by atoms with Gasteiger partial charge in [-0.15, -0.1) is 0 Å². The molecule has 180 valence electrons. The number of rotatable bonds is 3. The van der Waals surface area contributed by atoms with Crippen LogP contribution in [0.3, 0.4) is 0 Å². The smallest absolute Gasteiger partial charge is 0.0882 e. The van der Waals surface area contributed by atoms with Crippen LogP contribution in [0.4, 0.5) is 0 Å². The lowest BCUT2D eigenvalue weighted by Gasteiger charge is -2.19. The molecule has 0 saturated heterocycles. The Hall–Kier alpha value is -3.53. The van der Waals surface area contributed by atoms with Gasteiger partial charge in [0.05, 0.1) is 27.4 Å². The summed E-state index contributed by atoms with van der Waals surface area (Å²) in [6.45, 7) is 12.7. The van der Waals surface area contributed by atoms with E-state index >= 15 is 0 Å². The minimum absolute atomic E-state index is 0.268. The minimum Gasteiger partial charge on any atom is -0.306 e. The number of hydrogen-bond acceptors (Lipinski definition) is 3. The predicted octanol–water partition coefficient (Wildman–Crippen LogP) is 5.21. The molecule has 4 heteroatoms. The summed E-state index contributed by atoms with van der Waals surface area (Å²) in [6, 6.07) is 17.4. The molecular formula is C31H36N4. The zero-order chi connectivity index (χ0) is 24.9. The van der Waals surface area contributed by atoms with E-state index in [2.05, 4.69) is 98.8 Å². The topological polar surface area (TPSA) is 43.1 Å². The first-order chi connectivity index (χ1) is 16.9. The van der Waals surface area contributed by atoms with Gasteiger partial charge in [-0.1, -0.05) is 42.8 Å². The van der Waals surface area contributed by atoms with Crippen molar-refractivity contribution in [2.45, 2.75) is 66.8 Å². The van der Waals surface area contributed by atoms with Gasteiger partial charge < -0.3 is 4.57 Å². The van der Waals surface area contributed by atoms with Gasteiger partial charge in [0.15, 0.2) is 0 Å². The standard InChI is InChI=1S/C23H25N3.C8H11N/c1-15(2)24-20-14-23-21(13-17(20)4)25-19-7-5-6-8-22(19)26(23)18-11-9-16(3)10-12-18;1-3-8-5-4-6-9-7(8)2/h7-15H,5-6H2,1-4H3;4-6H,3H2,1-2H3. The summed E-state index contributed by atoms with van der Waals surface area (Å²) in [4.78, 5) is 13.9. The van der Waals surface area contributed by atoms with Crippen molar-refractivity contribution in [3.63, 3.8) is 0 Å². The highest BCUT2D eigenvalue weighted by Gasteiger charge is 2.15. The number of benzene rings is 2. The Kier molecular flexibility index (Phi) is 7.60. The zero-order valence-electron chi connectivity index (χ0n) is 21.8. The predicted molar refractivity (Wildman–Crippen MR) is 146 cm³/mol. The van der Waals surface area contributed by atoms with Crippen molar-refractivity contribution in [2.24, 2.45) is 4.99 Å². The van der Waals surface area contributed by atoms with Crippen LogP contribution in [0.2, 0.25) is 0 Å². The van der Waals surface area contributed by atoms with Crippen molar-refractivity contribution >= 4 is 12.2 Å². The molecule has 0 unspecified atom stereocenters. The van der Waals surface area contributed by atoms with Crippen molar-refractivity contribution in [1.29, 1.82) is 0 Å². The van der Waals surface area contributed by atoms with Crippen LogP contribution in [0.25, 0.3) is 29.2 Å². The Morgan fingerprint density at radius 1 is 0.971 bits per heavy atom. The first-order valence-corrected chi connectivity index (χ1v) is 12.6. The van der Waals surface area contributed by atoms with E-state index in [1.54, 1.807) is 0 Å². The van der Waals surface area contributed by atoms with Crippen LogP contribution in [-0.4, -0.2) is 20.6 Å². The van der Waals surface area contributed by atoms with Crippen molar-refractivity contribution in [2.75, 3.05) is 0 Å². The van der Waals surface area contributed by atoms with Crippen LogP contribution in [-0.2, 0) is 6.42 Å². The molecule has 0 fully saturated rings. The fourth-order valence-electron chi connectivity index (χ4n) is 4.44. The molecule has 0 atom stereocenters. The molecule has 2 heterocycles. The Morgan fingerprint density at radius 3 is 2.37 bits per heavy atom. The second kappa shape index (κ2) is 10.8. The van der Waals surface area contributed by atoms with E-state index < -0.39 is 0 Å². The second-order valence-electron chi connectivity index (χ2n) is 9.49. The Balaban J connectivity index is 0.000000271. The molecule has 2 aromatic rings. The number of fused-ring (bicyclic) bond motifs is 2. The molecule has 4 nitrogen and oxygen atoms in total. The quantitative estimate of drug-likeness (QED) is 0.418. The summed E-state index contributed by atoms with van der Waals surface area (Å²) < 4.78 is 2.34. The van der Waals surface area contributed by atoms with Gasteiger partial charge in [-0.3, -0.25) is 9.98 Å². The number of nitrogens with zero attached hydrogens (tertiary/aromatic N) is 4. The maximum absolute atomic E-state index is 4.95. The van der Waals surface area contributed by atoms with Crippen LogP contribution in [0, 0.1) is 20.8 Å². The monoisotopic (exact) mass is 464 g/mol. The number of aromatic nitrogens is 3. The Morgan fingerprint density at radius 2 is 1.71 bits per heavy atom. The van der Waals surface area contributed by atoms with Gasteiger partial charge in [-0.2, -0.15) is 0 Å². The fraction of sp³-hybridized carbons (Fsp3) is 0.323. The van der Waals surface area contributed by atoms with Crippen molar-refractivity contribution in [3.05, 3.63) is 93.2 Å². The summed E-state index contributed by atoms with van der Waals surface area (Å²) in [7, 11) is 0. The summed E-state index contributed by atoms with van der Waals surface area (Å²) >= 11 is 0. The van der Waals surface area contributed by atoms with Crippen LogP contribution < -0.4 is 16.1 Å². The van der Waals surface area contributed by atoms with Gasteiger partial charge in [0.2, 0.25) is 0 Å². The van der Waals surface area contributed by atoms with E-state index in [0.29, 0.717) is 0 Å². The molecule has 0 saturated carbocycles. The molecule has 1 aromatic carbocycles. The van der Waals surface area contributed by atoms with Crippen LogP contribution in [0.5, 0.6) is 0 Å². The number of aryl methyl sites for hydroxylation is 4. The SMILES string of the molecule is CCc1cccnc1C.Cc1ccc(-n2c3cc(=NC(C)C)c(C)cc-3nc3c2=CCCC=3)cc1. The summed E-state index contributed by atoms with van der Waals surface area (Å²) in [5.41, 5.74) is 8.25. The van der Waals surface area contributed by atoms with E-state index in [4.69, 9.17) is 9.98 Å². The number of pyridine rings is 1. The van der Waals surface area contributed by atoms with E-state index in [0.717, 1.165) is 47.1 Å². The van der Waals surface area contributed by atoms with Crippen molar-refractivity contribution < 1.29 is 0 Å². The summed E-state index contributed by atoms with van der Waals surface area (Å²) in [5.74, 6) is 0. The zero-order valence-corrected chi connectivity index (χ0v) is 21.8. The second-order valence-corrected chi connectivity index (χ2v) is 9.49. The molecule has 1 aromatic heterocycles. The van der Waals surface area contributed by atoms with Crippen LogP contribution >= 0.6 is 0 Å². The lowest BCUT2D eigenvalue weighted by Crippen LogP contribution is -2.40. The average molecular weight is 465 g/mol. The molecular weight excluding hydrogens is 428 g/mol. The molecule has 35 heavy (non-hydrogen) atoms. The minimum atomic E-state index is 0.268. The molecule has 2 aliphatic carbocycles. The Bertz CT molecular complexity index is 1470. The maximum Gasteiger partial charge on any atom is 0.0882 e. The Labute approximate surface area is 208 Å². The maximum atomic E-state index is 4.95. The summed E-state index contributed by atoms with van der Waals surface area (Å²) in [6.07, 6.45) is 9.58. The number of hydrogen-bond donors (Lipinski definition) is 0. The first kappa shape index (κ1) is 24.6. The van der Waals surface area contributed by atoms with E-state index in [1.165, 1.54) is 27.7 Å². The van der Waals surface area contributed by atoms with Gasteiger partial charge in [0.25, 0.3) is 0 Å². The molecule has 0 spiro atoms. The third-order valence-corrected chi connectivity index (χ3v) is 6.31. The molecule has 1 aliphatic heterocycles. The van der Waals surface area contributed by atoms with Gasteiger partial charge >= 0.3 is 0 Å². The van der Waals surface area contributed by atoms with E-state index in [-0.39, 0.29) is 6.04 Å². The highest BCUT2D eigenvalue weighted by atomic mass is 15.0. The van der Waals surface area contributed by atoms with E-state index in [1.807, 2.05) is 19.2 Å². The highest BCUT2D eigenvalue weighted by molar-refractivity contribution is 5.62. The van der Waals surface area contributed by atoms with Crippen molar-refractivity contribution in [1.82, 2.24) is 14.5 Å². The van der Waals surface area contributed by atoms with Gasteiger partial charge in [0, 0.05) is 23.6 Å². The molecule has 0 bridgehead atoms. The van der Waals surface area contributed by atoms with Gasteiger partial charge in [0.1, 0.15) is 0 Å². The molecule has 0 amide bonds. The lowest BCUT2D eigenvalue weighted by atomic mass is 10.1. The fourth-order valence-corrected chi connectivity index (χ4v) is 4.44. The van der Waals surface area contributed by atoms with Gasteiger partial charge in [-0.25, -0.2) is 4.98 Å². The highest BCUT2D eigenvalue weighted by Crippen LogP contribution is 2.20. The molecule has 5 rings (SSSR count). The first-order valence-electron chi connectivity index (χ1n) is 12.6. The normalized spacial score (nSPS) is 13.1. The van der Waals surface area contributed by atoms with Crippen LogP contribution in [0.1, 0.15) is 56.0 Å². The van der Waals surface area contributed by atoms with E-state index in [9.17, 15) is 0 Å². The third kappa shape index (κ3) is 5.59. The third-order valence-electron chi connectivity index (χ3n) is 6.31. The molecule has 3 aliphatic rings. The van der Waals surface area contributed by atoms with Crippen LogP contribution in [0.15, 0.2) is 59.7 Å². The van der Waals surface area contributed by atoms with Gasteiger partial charge in [-0.05, 0) is 95.3 Å². The largest absolute Gasteiger partial charge is 0.306 e. The summed E-state index contributed by atoms with van der Waals surface area (Å²) in [5, 5.41) is 3.32. The lowest BCUT2D eigenvalue weighted by molar-refractivity contribution is 0.800.